The van der Waals surface area contributed by atoms with Crippen LogP contribution in [0.4, 0.5) is 5.69 Å². The van der Waals surface area contributed by atoms with Crippen molar-refractivity contribution in [2.24, 2.45) is 0 Å². The topological polar surface area (TPSA) is 104 Å². The molecule has 1 unspecified atom stereocenters. The molecule has 0 fully saturated rings. The van der Waals surface area contributed by atoms with Gasteiger partial charge in [-0.05, 0) is 43.7 Å². The Labute approximate surface area is 208 Å². The number of esters is 1. The van der Waals surface area contributed by atoms with Gasteiger partial charge in [0, 0.05) is 31.2 Å². The number of carbonyl (C=O) groups excluding carboxylic acids is 2. The summed E-state index contributed by atoms with van der Waals surface area (Å²) in [6.07, 6.45) is 0.684. The minimum Gasteiger partial charge on any atom is -0.462 e. The van der Waals surface area contributed by atoms with E-state index in [4.69, 9.17) is 4.74 Å². The Hall–Kier alpha value is -3.43. The molecule has 2 heterocycles. The van der Waals surface area contributed by atoms with Gasteiger partial charge in [-0.15, -0.1) is 0 Å². The van der Waals surface area contributed by atoms with E-state index in [1.165, 1.54) is 17.3 Å². The molecule has 0 aliphatic carbocycles. The zero-order valence-corrected chi connectivity index (χ0v) is 20.6. The van der Waals surface area contributed by atoms with E-state index < -0.39 is 5.97 Å². The summed E-state index contributed by atoms with van der Waals surface area (Å²) in [6, 6.07) is 16.9. The third-order valence-corrected chi connectivity index (χ3v) is 6.80. The van der Waals surface area contributed by atoms with Crippen LogP contribution in [0.15, 0.2) is 64.5 Å². The second kappa shape index (κ2) is 11.3. The number of fused-ring (bicyclic) bond motifs is 1. The Bertz CT molecular complexity index is 1240. The number of benzene rings is 2. The second-order valence-corrected chi connectivity index (χ2v) is 9.20. The van der Waals surface area contributed by atoms with E-state index in [-0.39, 0.29) is 23.3 Å². The maximum Gasteiger partial charge on any atom is 0.338 e. The van der Waals surface area contributed by atoms with Gasteiger partial charge in [0.05, 0.1) is 29.2 Å². The predicted octanol–water partition coefficient (Wildman–Crippen LogP) is 3.80. The smallest absolute Gasteiger partial charge is 0.338 e. The van der Waals surface area contributed by atoms with Crippen molar-refractivity contribution in [3.05, 3.63) is 87.3 Å². The molecule has 4 rings (SSSR count). The lowest BCUT2D eigenvalue weighted by atomic mass is 10.0. The third-order valence-electron chi connectivity index (χ3n) is 5.93. The first-order valence-electron chi connectivity index (χ1n) is 11.6. The third kappa shape index (κ3) is 6.17. The summed E-state index contributed by atoms with van der Waals surface area (Å²) < 4.78 is 4.96. The fourth-order valence-electron chi connectivity index (χ4n) is 4.00. The molecule has 1 aliphatic rings. The minimum absolute atomic E-state index is 0.0958. The van der Waals surface area contributed by atoms with Crippen LogP contribution < -0.4 is 10.9 Å². The number of nitrogens with one attached hydrogen (secondary N) is 2. The predicted molar refractivity (Wildman–Crippen MR) is 136 cm³/mol. The number of carbonyl (C=O) groups is 2. The molecular formula is C26H28N4O4S. The van der Waals surface area contributed by atoms with Crippen LogP contribution in [-0.4, -0.2) is 45.6 Å². The zero-order valence-electron chi connectivity index (χ0n) is 19.7. The highest BCUT2D eigenvalue weighted by atomic mass is 32.2. The minimum atomic E-state index is -0.402. The van der Waals surface area contributed by atoms with Crippen LogP contribution >= 0.6 is 11.8 Å². The van der Waals surface area contributed by atoms with Crippen molar-refractivity contribution in [3.8, 4) is 0 Å². The number of anilines is 1. The molecule has 182 valence electrons. The van der Waals surface area contributed by atoms with Crippen LogP contribution in [0.3, 0.4) is 0 Å². The van der Waals surface area contributed by atoms with Crippen LogP contribution in [-0.2, 0) is 22.5 Å². The molecule has 1 atom stereocenters. The summed E-state index contributed by atoms with van der Waals surface area (Å²) in [5, 5.41) is 3.22. The number of hydrogen-bond acceptors (Lipinski definition) is 7. The summed E-state index contributed by atoms with van der Waals surface area (Å²) >= 11 is 1.19. The first-order chi connectivity index (χ1) is 16.9. The largest absolute Gasteiger partial charge is 0.462 e. The molecule has 9 heteroatoms. The molecule has 3 aromatic rings. The highest BCUT2D eigenvalue weighted by Gasteiger charge is 2.25. The Morgan fingerprint density at radius 2 is 1.91 bits per heavy atom. The van der Waals surface area contributed by atoms with Crippen LogP contribution in [0.1, 0.15) is 47.1 Å². The summed E-state index contributed by atoms with van der Waals surface area (Å²) in [6.45, 7) is 5.55. The number of thioether (sulfide) groups is 1. The van der Waals surface area contributed by atoms with E-state index >= 15 is 0 Å². The van der Waals surface area contributed by atoms with Gasteiger partial charge in [-0.2, -0.15) is 0 Å². The van der Waals surface area contributed by atoms with Gasteiger partial charge >= 0.3 is 5.97 Å². The summed E-state index contributed by atoms with van der Waals surface area (Å²) in [5.74, 6) is -0.540. The van der Waals surface area contributed by atoms with E-state index in [0.717, 1.165) is 12.2 Å². The molecular weight excluding hydrogens is 464 g/mol. The maximum atomic E-state index is 12.8. The highest BCUT2D eigenvalue weighted by molar-refractivity contribution is 7.99. The average molecular weight is 493 g/mol. The normalized spacial score (nSPS) is 14.1. The molecule has 8 nitrogen and oxygen atoms in total. The van der Waals surface area contributed by atoms with Gasteiger partial charge in [-0.1, -0.05) is 42.1 Å². The lowest BCUT2D eigenvalue weighted by molar-refractivity contribution is -0.113. The van der Waals surface area contributed by atoms with Crippen LogP contribution in [0.5, 0.6) is 0 Å². The van der Waals surface area contributed by atoms with Crippen molar-refractivity contribution >= 4 is 29.3 Å². The van der Waals surface area contributed by atoms with Gasteiger partial charge in [0.2, 0.25) is 5.91 Å². The van der Waals surface area contributed by atoms with Crippen LogP contribution in [0, 0.1) is 0 Å². The molecule has 1 aliphatic heterocycles. The van der Waals surface area contributed by atoms with Crippen molar-refractivity contribution in [2.75, 3.05) is 24.2 Å². The van der Waals surface area contributed by atoms with E-state index in [9.17, 15) is 14.4 Å². The number of aromatic nitrogens is 2. The molecule has 0 spiro atoms. The van der Waals surface area contributed by atoms with Gasteiger partial charge in [-0.3, -0.25) is 14.5 Å². The molecule has 35 heavy (non-hydrogen) atoms. The lowest BCUT2D eigenvalue weighted by Crippen LogP contribution is -2.37. The van der Waals surface area contributed by atoms with E-state index in [1.54, 1.807) is 31.2 Å². The molecule has 0 saturated heterocycles. The highest BCUT2D eigenvalue weighted by Crippen LogP contribution is 2.26. The zero-order chi connectivity index (χ0) is 24.8. The van der Waals surface area contributed by atoms with Crippen molar-refractivity contribution in [2.45, 2.75) is 38.0 Å². The van der Waals surface area contributed by atoms with Crippen molar-refractivity contribution in [1.82, 2.24) is 14.9 Å². The van der Waals surface area contributed by atoms with Crippen molar-refractivity contribution < 1.29 is 14.3 Å². The van der Waals surface area contributed by atoms with Crippen molar-refractivity contribution in [1.29, 1.82) is 0 Å². The number of rotatable bonds is 8. The quantitative estimate of drug-likeness (QED) is 0.280. The molecule has 2 aromatic carbocycles. The Morgan fingerprint density at radius 3 is 2.63 bits per heavy atom. The number of amides is 1. The molecule has 0 radical (unpaired) electrons. The van der Waals surface area contributed by atoms with Gasteiger partial charge in [0.1, 0.15) is 0 Å². The fraction of sp³-hybridized carbons (Fsp3) is 0.308. The number of aromatic amines is 1. The Kier molecular flexibility index (Phi) is 7.99. The monoisotopic (exact) mass is 492 g/mol. The van der Waals surface area contributed by atoms with E-state index in [1.807, 2.05) is 18.2 Å². The van der Waals surface area contributed by atoms with Gasteiger partial charge in [-0.25, -0.2) is 9.78 Å². The van der Waals surface area contributed by atoms with Gasteiger partial charge in [0.15, 0.2) is 5.16 Å². The van der Waals surface area contributed by atoms with E-state index in [0.29, 0.717) is 41.5 Å². The molecule has 2 N–H and O–H groups in total. The SMILES string of the molecule is CCOC(=O)c1ccc(NC(=O)CSc2nc3c(c(=O)[nH]2)CN(C(C)c2ccccc2)CC3)cc1. The number of nitrogens with zero attached hydrogens (tertiary/aromatic N) is 2. The maximum absolute atomic E-state index is 12.8. The lowest BCUT2D eigenvalue weighted by Gasteiger charge is -2.33. The van der Waals surface area contributed by atoms with Crippen LogP contribution in [0.25, 0.3) is 0 Å². The fourth-order valence-corrected chi connectivity index (χ4v) is 4.68. The molecule has 0 bridgehead atoms. The first kappa shape index (κ1) is 24.7. The Morgan fingerprint density at radius 1 is 1.17 bits per heavy atom. The number of hydrogen-bond donors (Lipinski definition) is 2. The molecule has 1 aromatic heterocycles. The van der Waals surface area contributed by atoms with Gasteiger partial charge in [0.25, 0.3) is 5.56 Å². The molecule has 1 amide bonds. The summed E-state index contributed by atoms with van der Waals surface area (Å²) in [5.41, 5.74) is 3.54. The number of ether oxygens (including phenoxy) is 1. The van der Waals surface area contributed by atoms with Gasteiger partial charge < -0.3 is 15.0 Å². The van der Waals surface area contributed by atoms with E-state index in [2.05, 4.69) is 39.2 Å². The summed E-state index contributed by atoms with van der Waals surface area (Å²) in [7, 11) is 0. The van der Waals surface area contributed by atoms with Crippen molar-refractivity contribution in [3.63, 3.8) is 0 Å². The number of H-pyrrole nitrogens is 1. The second-order valence-electron chi connectivity index (χ2n) is 8.24. The first-order valence-corrected chi connectivity index (χ1v) is 12.5. The summed E-state index contributed by atoms with van der Waals surface area (Å²) in [4.78, 5) is 46.6. The standard InChI is InChI=1S/C26H28N4O4S/c1-3-34-25(33)19-9-11-20(12-10-19)27-23(31)16-35-26-28-22-13-14-30(15-21(22)24(32)29-26)17(2)18-7-5-4-6-8-18/h4-12,17H,3,13-16H2,1-2H3,(H,27,31)(H,28,29,32). The average Bonchev–Trinajstić information content (AvgIpc) is 2.88. The molecule has 0 saturated carbocycles. The van der Waals surface area contributed by atoms with Crippen LogP contribution in [0.2, 0.25) is 0 Å². The Balaban J connectivity index is 1.34.